The molecule has 0 aromatic carbocycles. The Morgan fingerprint density at radius 1 is 1.33 bits per heavy atom. The standard InChI is InChI=1S/C12H21N3/c1-4-8-13-12-7-6-11(9-14-12)10-15(3)5-2/h6-7,9H,4-5,8,10H2,1-3H3,(H,13,14). The molecule has 1 rings (SSSR count). The zero-order valence-electron chi connectivity index (χ0n) is 9.95. The van der Waals surface area contributed by atoms with Crippen LogP contribution < -0.4 is 5.32 Å². The summed E-state index contributed by atoms with van der Waals surface area (Å²) >= 11 is 0. The molecule has 1 N–H and O–H groups in total. The van der Waals surface area contributed by atoms with Gasteiger partial charge in [-0.05, 0) is 31.6 Å². The van der Waals surface area contributed by atoms with Crippen LogP contribution in [0.25, 0.3) is 0 Å². The maximum Gasteiger partial charge on any atom is 0.125 e. The zero-order chi connectivity index (χ0) is 11.1. The Morgan fingerprint density at radius 2 is 2.13 bits per heavy atom. The van der Waals surface area contributed by atoms with E-state index in [4.69, 9.17) is 0 Å². The van der Waals surface area contributed by atoms with Gasteiger partial charge in [0.15, 0.2) is 0 Å². The van der Waals surface area contributed by atoms with Gasteiger partial charge in [0.05, 0.1) is 0 Å². The number of nitrogens with zero attached hydrogens (tertiary/aromatic N) is 2. The van der Waals surface area contributed by atoms with Gasteiger partial charge in [-0.15, -0.1) is 0 Å². The van der Waals surface area contributed by atoms with Crippen molar-refractivity contribution in [3.63, 3.8) is 0 Å². The predicted molar refractivity (Wildman–Crippen MR) is 65.0 cm³/mol. The Balaban J connectivity index is 2.48. The summed E-state index contributed by atoms with van der Waals surface area (Å²) in [7, 11) is 2.11. The van der Waals surface area contributed by atoms with Crippen LogP contribution in [0.4, 0.5) is 5.82 Å². The smallest absolute Gasteiger partial charge is 0.125 e. The van der Waals surface area contributed by atoms with Gasteiger partial charge in [0.2, 0.25) is 0 Å². The molecule has 1 aromatic rings. The van der Waals surface area contributed by atoms with E-state index in [0.717, 1.165) is 31.9 Å². The molecule has 0 unspecified atom stereocenters. The van der Waals surface area contributed by atoms with Gasteiger partial charge in [-0.1, -0.05) is 19.9 Å². The van der Waals surface area contributed by atoms with Crippen LogP contribution in [-0.4, -0.2) is 30.0 Å². The average Bonchev–Trinajstić information content (AvgIpc) is 2.28. The van der Waals surface area contributed by atoms with E-state index in [1.54, 1.807) is 0 Å². The van der Waals surface area contributed by atoms with Crippen LogP contribution in [0.3, 0.4) is 0 Å². The Hall–Kier alpha value is -1.09. The van der Waals surface area contributed by atoms with Crippen molar-refractivity contribution in [1.29, 1.82) is 0 Å². The van der Waals surface area contributed by atoms with Gasteiger partial charge in [0.1, 0.15) is 5.82 Å². The molecule has 0 fully saturated rings. The average molecular weight is 207 g/mol. The number of hydrogen-bond acceptors (Lipinski definition) is 3. The van der Waals surface area contributed by atoms with E-state index in [9.17, 15) is 0 Å². The maximum absolute atomic E-state index is 4.37. The van der Waals surface area contributed by atoms with Crippen molar-refractivity contribution in [3.8, 4) is 0 Å². The fourth-order valence-electron chi connectivity index (χ4n) is 1.30. The van der Waals surface area contributed by atoms with Crippen LogP contribution >= 0.6 is 0 Å². The summed E-state index contributed by atoms with van der Waals surface area (Å²) in [6.07, 6.45) is 3.08. The zero-order valence-corrected chi connectivity index (χ0v) is 9.95. The second kappa shape index (κ2) is 6.40. The fraction of sp³-hybridized carbons (Fsp3) is 0.583. The topological polar surface area (TPSA) is 28.2 Å². The van der Waals surface area contributed by atoms with Crippen molar-refractivity contribution >= 4 is 5.82 Å². The molecule has 84 valence electrons. The first kappa shape index (κ1) is 12.0. The van der Waals surface area contributed by atoms with Crippen molar-refractivity contribution in [2.75, 3.05) is 25.5 Å². The highest BCUT2D eigenvalue weighted by Gasteiger charge is 1.98. The van der Waals surface area contributed by atoms with E-state index in [1.165, 1.54) is 5.56 Å². The van der Waals surface area contributed by atoms with E-state index >= 15 is 0 Å². The summed E-state index contributed by atoms with van der Waals surface area (Å²) in [4.78, 5) is 6.63. The van der Waals surface area contributed by atoms with E-state index in [0.29, 0.717) is 0 Å². The van der Waals surface area contributed by atoms with Crippen molar-refractivity contribution in [2.24, 2.45) is 0 Å². The molecule has 0 radical (unpaired) electrons. The normalized spacial score (nSPS) is 10.7. The minimum absolute atomic E-state index is 0.970. The first-order chi connectivity index (χ1) is 7.26. The number of nitrogens with one attached hydrogen (secondary N) is 1. The minimum Gasteiger partial charge on any atom is -0.370 e. The summed E-state index contributed by atoms with van der Waals surface area (Å²) in [5, 5.41) is 3.26. The lowest BCUT2D eigenvalue weighted by atomic mass is 10.2. The van der Waals surface area contributed by atoms with Gasteiger partial charge in [-0.2, -0.15) is 0 Å². The maximum atomic E-state index is 4.37. The lowest BCUT2D eigenvalue weighted by Gasteiger charge is -2.13. The highest BCUT2D eigenvalue weighted by Crippen LogP contribution is 2.06. The first-order valence-electron chi connectivity index (χ1n) is 5.63. The van der Waals surface area contributed by atoms with Crippen LogP contribution in [0, 0.1) is 0 Å². The lowest BCUT2D eigenvalue weighted by molar-refractivity contribution is 0.345. The molecule has 0 bridgehead atoms. The quantitative estimate of drug-likeness (QED) is 0.776. The van der Waals surface area contributed by atoms with E-state index in [2.05, 4.69) is 48.2 Å². The minimum atomic E-state index is 0.970. The van der Waals surface area contributed by atoms with Crippen molar-refractivity contribution in [2.45, 2.75) is 26.8 Å². The van der Waals surface area contributed by atoms with Gasteiger partial charge in [0, 0.05) is 19.3 Å². The molecule has 3 heteroatoms. The number of rotatable bonds is 6. The molecule has 0 saturated carbocycles. The van der Waals surface area contributed by atoms with Gasteiger partial charge in [-0.3, -0.25) is 0 Å². The predicted octanol–water partition coefficient (Wildman–Crippen LogP) is 2.36. The molecule has 1 aromatic heterocycles. The molecule has 1 heterocycles. The molecule has 0 atom stereocenters. The molecule has 0 amide bonds. The summed E-state index contributed by atoms with van der Waals surface area (Å²) in [6, 6.07) is 4.19. The highest BCUT2D eigenvalue weighted by molar-refractivity contribution is 5.35. The van der Waals surface area contributed by atoms with Gasteiger partial charge < -0.3 is 10.2 Å². The van der Waals surface area contributed by atoms with E-state index < -0.39 is 0 Å². The summed E-state index contributed by atoms with van der Waals surface area (Å²) in [6.45, 7) is 7.33. The molecule has 3 nitrogen and oxygen atoms in total. The van der Waals surface area contributed by atoms with Gasteiger partial charge >= 0.3 is 0 Å². The largest absolute Gasteiger partial charge is 0.370 e. The third kappa shape index (κ3) is 4.30. The molecule has 0 saturated heterocycles. The molecule has 0 spiro atoms. The molecule has 0 aliphatic carbocycles. The first-order valence-corrected chi connectivity index (χ1v) is 5.63. The van der Waals surface area contributed by atoms with Crippen LogP contribution in [0.2, 0.25) is 0 Å². The van der Waals surface area contributed by atoms with Crippen molar-refractivity contribution < 1.29 is 0 Å². The Labute approximate surface area is 92.5 Å². The van der Waals surface area contributed by atoms with Crippen molar-refractivity contribution in [3.05, 3.63) is 23.9 Å². The number of anilines is 1. The van der Waals surface area contributed by atoms with Gasteiger partial charge in [-0.25, -0.2) is 4.98 Å². The molecule has 0 aliphatic heterocycles. The number of hydrogen-bond donors (Lipinski definition) is 1. The fourth-order valence-corrected chi connectivity index (χ4v) is 1.30. The molecule has 0 aliphatic rings. The third-order valence-corrected chi connectivity index (χ3v) is 2.37. The Kier molecular flexibility index (Phi) is 5.12. The Bertz CT molecular complexity index is 269. The summed E-state index contributed by atoms with van der Waals surface area (Å²) < 4.78 is 0. The van der Waals surface area contributed by atoms with Crippen molar-refractivity contribution in [1.82, 2.24) is 9.88 Å². The molecule has 15 heavy (non-hydrogen) atoms. The molecular formula is C12H21N3. The second-order valence-corrected chi connectivity index (χ2v) is 3.81. The highest BCUT2D eigenvalue weighted by atomic mass is 15.1. The summed E-state index contributed by atoms with van der Waals surface area (Å²) in [5.74, 6) is 0.972. The SMILES string of the molecule is CCCNc1ccc(CN(C)CC)cn1. The van der Waals surface area contributed by atoms with Gasteiger partial charge in [0.25, 0.3) is 0 Å². The van der Waals surface area contributed by atoms with Crippen LogP contribution in [0.15, 0.2) is 18.3 Å². The lowest BCUT2D eigenvalue weighted by Crippen LogP contribution is -2.16. The van der Waals surface area contributed by atoms with E-state index in [1.807, 2.05) is 6.20 Å². The molecular weight excluding hydrogens is 186 g/mol. The van der Waals surface area contributed by atoms with E-state index in [-0.39, 0.29) is 0 Å². The van der Waals surface area contributed by atoms with Crippen LogP contribution in [-0.2, 0) is 6.54 Å². The summed E-state index contributed by atoms with van der Waals surface area (Å²) in [5.41, 5.74) is 1.27. The number of pyridine rings is 1. The van der Waals surface area contributed by atoms with Crippen LogP contribution in [0.5, 0.6) is 0 Å². The Morgan fingerprint density at radius 3 is 2.67 bits per heavy atom. The monoisotopic (exact) mass is 207 g/mol. The number of aromatic nitrogens is 1. The van der Waals surface area contributed by atoms with Crippen LogP contribution in [0.1, 0.15) is 25.8 Å². The second-order valence-electron chi connectivity index (χ2n) is 3.81. The third-order valence-electron chi connectivity index (χ3n) is 2.37.